The fourth-order valence-corrected chi connectivity index (χ4v) is 1.31. The van der Waals surface area contributed by atoms with Gasteiger partial charge in [-0.25, -0.2) is 0 Å². The first kappa shape index (κ1) is 27.6. The minimum Gasteiger partial charge on any atom is -0.192 e. The third-order valence-electron chi connectivity index (χ3n) is 3.02. The number of alkyl halides is 17. The first-order valence-electron chi connectivity index (χ1n) is 5.69. The summed E-state index contributed by atoms with van der Waals surface area (Å²) in [5.74, 6) is -52.8. The van der Waals surface area contributed by atoms with Crippen molar-refractivity contribution >= 4 is 0 Å². The van der Waals surface area contributed by atoms with Crippen molar-refractivity contribution in [1.82, 2.24) is 0 Å². The molecule has 0 aromatic heterocycles. The van der Waals surface area contributed by atoms with Crippen LogP contribution in [0, 0.1) is 0 Å². The van der Waals surface area contributed by atoms with Crippen molar-refractivity contribution in [3.05, 3.63) is 0 Å². The molecule has 0 N–H and O–H groups in total. The van der Waals surface area contributed by atoms with E-state index in [0.29, 0.717) is 0 Å². The number of rotatable bonds is 7. The molecule has 0 unspecified atom stereocenters. The van der Waals surface area contributed by atoms with E-state index in [1.807, 2.05) is 0 Å². The van der Waals surface area contributed by atoms with Crippen LogP contribution in [0.4, 0.5) is 88.1 Å². The molecule has 0 atom stereocenters. The maximum atomic E-state index is 12.9. The van der Waals surface area contributed by atoms with Crippen LogP contribution in [0.1, 0.15) is 0 Å². The third-order valence-corrected chi connectivity index (χ3v) is 3.02. The Morgan fingerprint density at radius 1 is 0.310 bits per heavy atom. The molecule has 0 aliphatic rings. The van der Waals surface area contributed by atoms with Gasteiger partial charge in [-0.15, -0.1) is 8.78 Å². The Kier molecular flexibility index (Phi) is 5.97. The summed E-state index contributed by atoms with van der Waals surface area (Å²) in [5, 5.41) is -7.20. The Labute approximate surface area is 142 Å². The van der Waals surface area contributed by atoms with Crippen molar-refractivity contribution in [2.75, 3.05) is 0 Å². The third kappa shape index (κ3) is 3.22. The van der Waals surface area contributed by atoms with Gasteiger partial charge in [0.2, 0.25) is 0 Å². The van der Waals surface area contributed by atoms with Crippen molar-refractivity contribution in [3.8, 4) is 0 Å². The van der Waals surface area contributed by atoms with E-state index in [4.69, 9.17) is 0 Å². The topological polar surface area (TPSA) is 0 Å². The summed E-state index contributed by atoms with van der Waals surface area (Å²) < 4.78 is 248. The lowest BCUT2D eigenvalue weighted by Gasteiger charge is -2.41. The molecule has 0 amide bonds. The molecule has 0 spiro atoms. The largest absolute Gasteiger partial charge is 0.576 e. The van der Waals surface area contributed by atoms with Gasteiger partial charge in [-0.1, -0.05) is 0 Å². The monoisotopic (exact) mass is 490 g/mol. The molecule has 0 fully saturated rings. The van der Waals surface area contributed by atoms with Gasteiger partial charge in [0, 0.05) is 0 Å². The van der Waals surface area contributed by atoms with Crippen LogP contribution >= 0.6 is 0 Å². The van der Waals surface area contributed by atoms with E-state index in [9.17, 15) is 88.1 Å². The fourth-order valence-electron chi connectivity index (χ4n) is 1.31. The highest BCUT2D eigenvalue weighted by molar-refractivity contribution is 5.14. The first-order valence-corrected chi connectivity index (χ1v) is 5.69. The van der Waals surface area contributed by atoms with E-state index < -0.39 is 52.9 Å². The predicted molar refractivity (Wildman–Crippen MR) is 44.3 cm³/mol. The molecule has 21 heteroatoms. The van der Waals surface area contributed by atoms with Crippen LogP contribution in [0.3, 0.4) is 0 Å². The van der Waals surface area contributed by atoms with E-state index in [1.165, 1.54) is 0 Å². The van der Waals surface area contributed by atoms with Crippen LogP contribution in [0.15, 0.2) is 0 Å². The summed E-state index contributed by atoms with van der Waals surface area (Å²) in [7, 11) is 0. The smallest absolute Gasteiger partial charge is 0.192 e. The maximum absolute atomic E-state index is 12.9. The Morgan fingerprint density at radius 2 is 0.517 bits per heavy atom. The lowest BCUT2D eigenvalue weighted by molar-refractivity contribution is -1.32. The molecule has 0 rings (SSSR count). The highest BCUT2D eigenvalue weighted by Crippen LogP contribution is 2.64. The van der Waals surface area contributed by atoms with Crippen molar-refractivity contribution in [2.24, 2.45) is 0 Å². The lowest BCUT2D eigenvalue weighted by atomic mass is 9.90. The zero-order chi connectivity index (χ0) is 24.5. The second-order valence-corrected chi connectivity index (χ2v) is 4.93. The highest BCUT2D eigenvalue weighted by Gasteiger charge is 2.99. The van der Waals surface area contributed by atoms with Gasteiger partial charge in [-0.2, -0.15) is 65.9 Å². The number of quaternary nitrogens is 1. The summed E-state index contributed by atoms with van der Waals surface area (Å²) in [4.78, 5) is 0. The normalized spacial score (nSPS) is 17.0. The Balaban J connectivity index is 6.82. The Bertz CT molecular complexity index is 553. The van der Waals surface area contributed by atoms with E-state index in [-0.39, 0.29) is 0 Å². The van der Waals surface area contributed by atoms with Gasteiger partial charge in [-0.3, -0.25) is 0 Å². The molecule has 0 saturated heterocycles. The molecule has 1 nitrogen and oxygen atoms in total. The second kappa shape index (κ2) is 6.28. The average molecular weight is 490 g/mol. The van der Waals surface area contributed by atoms with Gasteiger partial charge < -0.3 is 0 Å². The summed E-state index contributed by atoms with van der Waals surface area (Å²) in [6, 6.07) is -8.43. The highest BCUT2D eigenvalue weighted by atomic mass is 19.6. The molecule has 0 aromatic rings. The second-order valence-electron chi connectivity index (χ2n) is 4.93. The van der Waals surface area contributed by atoms with Gasteiger partial charge in [0.25, 0.3) is 0 Å². The maximum Gasteiger partial charge on any atom is 0.576 e. The molecule has 0 aliphatic carbocycles. The molecule has 0 bridgehead atoms. The van der Waals surface area contributed by atoms with Crippen LogP contribution in [-0.4, -0.2) is 52.9 Å². The summed E-state index contributed by atoms with van der Waals surface area (Å²) in [6.45, 7) is 0. The quantitative estimate of drug-likeness (QED) is 0.220. The van der Waals surface area contributed by atoms with Crippen molar-refractivity contribution in [3.63, 3.8) is 0 Å². The van der Waals surface area contributed by atoms with Crippen molar-refractivity contribution in [1.29, 1.82) is 0 Å². The van der Waals surface area contributed by atoms with E-state index in [0.717, 1.165) is 0 Å². The molecule has 29 heavy (non-hydrogen) atoms. The van der Waals surface area contributed by atoms with Crippen LogP contribution in [0.5, 0.6) is 0 Å². The van der Waals surface area contributed by atoms with Crippen molar-refractivity contribution in [2.45, 2.75) is 47.8 Å². The number of hydrogen-bond donors (Lipinski definition) is 0. The van der Waals surface area contributed by atoms with Crippen molar-refractivity contribution < 1.29 is 93.2 Å². The van der Waals surface area contributed by atoms with Gasteiger partial charge in [0.05, 0.1) is 13.4 Å². The molecule has 0 aliphatic heterocycles. The number of nitrogens with zero attached hydrogens (tertiary/aromatic N) is 1. The molecule has 176 valence electrons. The standard InChI is InChI=1S/C8F20N/c9-1(10,3(13,14)5(17,18)7(21,22)23)2(11,12)4(15,16)6(19,20)8(24,25)29(26,27)28/q+1. The summed E-state index contributed by atoms with van der Waals surface area (Å²) in [5.41, 5.74) is 0. The predicted octanol–water partition coefficient (Wildman–Crippen LogP) is 6.42. The van der Waals surface area contributed by atoms with Gasteiger partial charge in [0.1, 0.15) is 0 Å². The number of halogens is 20. The van der Waals surface area contributed by atoms with Gasteiger partial charge in [0.15, 0.2) is 0 Å². The zero-order valence-corrected chi connectivity index (χ0v) is 12.0. The summed E-state index contributed by atoms with van der Waals surface area (Å²) in [6.07, 6.45) is -7.93. The molecular weight excluding hydrogens is 490 g/mol. The average Bonchev–Trinajstić information content (AvgIpc) is 2.43. The first-order chi connectivity index (χ1) is 12.0. The minimum absolute atomic E-state index is 7.20. The van der Waals surface area contributed by atoms with Gasteiger partial charge >= 0.3 is 52.9 Å². The van der Waals surface area contributed by atoms with Crippen LogP contribution in [0.2, 0.25) is 0 Å². The van der Waals surface area contributed by atoms with E-state index >= 15 is 0 Å². The Morgan fingerprint density at radius 3 is 0.724 bits per heavy atom. The molecule has 0 radical (unpaired) electrons. The number of hydrogen-bond acceptors (Lipinski definition) is 0. The molecular formula is C8F20N+. The van der Waals surface area contributed by atoms with Crippen LogP contribution in [0.25, 0.3) is 0 Å². The van der Waals surface area contributed by atoms with Crippen LogP contribution < -0.4 is 0 Å². The molecule has 0 aromatic carbocycles. The van der Waals surface area contributed by atoms with Gasteiger partial charge in [-0.05, 0) is 0 Å². The summed E-state index contributed by atoms with van der Waals surface area (Å²) >= 11 is 0. The SMILES string of the molecule is FC(F)(F)C(F)(F)C(F)(F)C(F)(F)C(F)(F)C(F)(F)C(F)(F)C(F)(F)[N+](F)(F)F. The minimum atomic E-state index is -9.03. The zero-order valence-electron chi connectivity index (χ0n) is 12.0. The molecule has 0 heterocycles. The van der Waals surface area contributed by atoms with Crippen LogP contribution in [-0.2, 0) is 0 Å². The lowest BCUT2D eigenvalue weighted by Crippen LogP contribution is -2.75. The van der Waals surface area contributed by atoms with E-state index in [2.05, 4.69) is 0 Å². The fraction of sp³-hybridized carbons (Fsp3) is 1.00. The Hall–Kier alpha value is -1.44. The van der Waals surface area contributed by atoms with E-state index in [1.54, 1.807) is 0 Å². The molecule has 0 saturated carbocycles.